The van der Waals surface area contributed by atoms with Crippen LogP contribution in [0.4, 0.5) is 0 Å². The molecule has 0 fully saturated rings. The lowest BCUT2D eigenvalue weighted by Crippen LogP contribution is -3.00. The van der Waals surface area contributed by atoms with E-state index in [4.69, 9.17) is 37.5 Å². The first-order chi connectivity index (χ1) is 63.1. The summed E-state index contributed by atoms with van der Waals surface area (Å²) in [6.45, 7) is 32.6. The topological polar surface area (TPSA) is 256 Å². The van der Waals surface area contributed by atoms with E-state index in [1.54, 1.807) is 84.9 Å². The number of nitrogens with one attached hydrogen (secondary N) is 2. The zero-order valence-electron chi connectivity index (χ0n) is 82.2. The van der Waals surface area contributed by atoms with Gasteiger partial charge in [-0.2, -0.15) is 0 Å². The molecule has 15 rings (SSSR count). The average molecular weight is 1880 g/mol. The molecule has 0 atom stereocenters. The van der Waals surface area contributed by atoms with Crippen LogP contribution in [0.5, 0.6) is 5.75 Å². The molecule has 6 aliphatic rings. The summed E-state index contributed by atoms with van der Waals surface area (Å²) >= 11 is 0. The number of ether oxygens (including phenoxy) is 1. The number of carbonyl (C=O) groups is 4. The van der Waals surface area contributed by atoms with Crippen LogP contribution in [-0.2, 0) is 25.7 Å². The van der Waals surface area contributed by atoms with Crippen LogP contribution in [0.25, 0.3) is 18.2 Å². The molecule has 9 aromatic rings. The highest BCUT2D eigenvalue weighted by molar-refractivity contribution is 7.95. The first kappa shape index (κ1) is 111. The lowest BCUT2D eigenvalue weighted by molar-refractivity contribution is -0.0000749. The number of hydrogen-bond acceptors (Lipinski definition) is 11. The second-order valence-corrected chi connectivity index (χ2v) is 41.3. The van der Waals surface area contributed by atoms with Crippen LogP contribution < -0.4 is 49.1 Å². The minimum Gasteiger partial charge on any atom is -1.00 e. The first-order valence-corrected chi connectivity index (χ1v) is 49.5. The molecule has 2 aliphatic heterocycles. The molecular formula is C117H154BrN6O8P. The smallest absolute Gasteiger partial charge is 0.261 e. The van der Waals surface area contributed by atoms with Crippen molar-refractivity contribution in [1.29, 1.82) is 11.1 Å². The van der Waals surface area contributed by atoms with Crippen molar-refractivity contribution < 1.29 is 58.0 Å². The van der Waals surface area contributed by atoms with Crippen molar-refractivity contribution >= 4 is 65.0 Å². The maximum atomic E-state index is 12.5. The maximum Gasteiger partial charge on any atom is 0.261 e. The molecule has 16 heteroatoms. The quantitative estimate of drug-likeness (QED) is 0.0130. The standard InChI is InChI=1S/C28H31NO2.C28H32P.2C20H29N.C18H17NO3.C2H6O.CH4O.BrH.H2N2.H2O.H2/c1-20-9-7-17-28(2,3)25(20)16-15-22-11-6-10-21(19-22)12-8-18-29-26(30)23-13-4-5-14-24(23)27(29)31;1-23-14-13-21-28(2,3)27(23)22-29(24-15-7-4-8-16-24,25-17-9-5-10-18-25)26-19-11-6-12-20-26;2*1-16-7-5-13-20(2,3)19(16)12-11-18-9-4-8-17(15-18)10-6-14-21;1-22-14-8-4-6-13(12-14)7-5-11-19-17(20)15-9-2-3-10-16(15)18(19)21;1-2-3;1-2;;1-2;;/h4-6,10-11,13-16,19H,7-9,12,17-18H2,1-3H3;4-12,15-20H,13-14,21-22H2,1-3H3;2*4,8-9,11-12,15H,5-7,10,13-14,21H2,1-3H3;2-4,6,8-10,12H,5,7,11H2,1H3;3H,2H2,1H3;2H,1H3;1H;1-2H;1H2;1H/q;+1;;;;;;;;;/p-1/b16-15+;;2*12-11+;;;;;;;. The van der Waals surface area contributed by atoms with Crippen LogP contribution >= 0.6 is 7.26 Å². The number of aliphatic hydroxyl groups is 2. The van der Waals surface area contributed by atoms with Crippen LogP contribution in [0.3, 0.4) is 0 Å². The summed E-state index contributed by atoms with van der Waals surface area (Å²) in [6.07, 6.45) is 37.6. The Morgan fingerprint density at radius 1 is 0.391 bits per heavy atom. The number of nitrogens with zero attached hydrogens (tertiary/aromatic N) is 2. The molecule has 0 saturated heterocycles. The summed E-state index contributed by atoms with van der Waals surface area (Å²) in [5, 5.41) is 19.0. The molecule has 10 N–H and O–H groups in total. The highest BCUT2D eigenvalue weighted by Crippen LogP contribution is 2.60. The van der Waals surface area contributed by atoms with Gasteiger partial charge in [-0.1, -0.05) is 278 Å². The van der Waals surface area contributed by atoms with E-state index in [0.29, 0.717) is 46.2 Å². The van der Waals surface area contributed by atoms with Gasteiger partial charge < -0.3 is 48.9 Å². The minimum atomic E-state index is -1.80. The molecule has 0 saturated carbocycles. The number of hydrogen-bond donors (Lipinski definition) is 6. The Morgan fingerprint density at radius 2 is 0.662 bits per heavy atom. The normalized spacial score (nSPS) is 16.1. The highest BCUT2D eigenvalue weighted by Gasteiger charge is 2.49. The Hall–Kier alpha value is -10.5. The number of carbonyl (C=O) groups excluding carboxylic acids is 4. The zero-order chi connectivity index (χ0) is 95.2. The van der Waals surface area contributed by atoms with Crippen LogP contribution in [0.1, 0.15) is 275 Å². The van der Waals surface area contributed by atoms with Gasteiger partial charge in [-0.3, -0.25) is 29.0 Å². The van der Waals surface area contributed by atoms with E-state index >= 15 is 0 Å². The van der Waals surface area contributed by atoms with E-state index in [9.17, 15) is 19.2 Å². The number of amides is 4. The van der Waals surface area contributed by atoms with Gasteiger partial charge in [0.2, 0.25) is 0 Å². The van der Waals surface area contributed by atoms with E-state index in [2.05, 4.69) is 283 Å². The third kappa shape index (κ3) is 31.3. The molecule has 133 heavy (non-hydrogen) atoms. The number of nitrogens with two attached hydrogens (primary N) is 2. The molecule has 0 radical (unpaired) electrons. The van der Waals surface area contributed by atoms with Crippen molar-refractivity contribution in [3.05, 3.63) is 361 Å². The van der Waals surface area contributed by atoms with Gasteiger partial charge in [0, 0.05) is 28.2 Å². The fourth-order valence-electron chi connectivity index (χ4n) is 19.4. The van der Waals surface area contributed by atoms with Gasteiger partial charge in [-0.05, 0) is 332 Å². The van der Waals surface area contributed by atoms with Gasteiger partial charge in [0.05, 0.1) is 35.5 Å². The number of halogens is 1. The largest absolute Gasteiger partial charge is 1.00 e. The van der Waals surface area contributed by atoms with Crippen molar-refractivity contribution in [3.8, 4) is 5.75 Å². The molecule has 2 heterocycles. The number of imide groups is 2. The summed E-state index contributed by atoms with van der Waals surface area (Å²) in [4.78, 5) is 52.2. The molecule has 0 aromatic heterocycles. The van der Waals surface area contributed by atoms with Crippen molar-refractivity contribution in [1.82, 2.24) is 9.80 Å². The van der Waals surface area contributed by atoms with Crippen molar-refractivity contribution in [2.24, 2.45) is 33.1 Å². The number of aliphatic hydroxyl groups excluding tert-OH is 2. The third-order valence-corrected chi connectivity index (χ3v) is 30.7. The van der Waals surface area contributed by atoms with E-state index in [0.717, 1.165) is 89.0 Å². The molecule has 0 unspecified atom stereocenters. The second kappa shape index (κ2) is 55.4. The van der Waals surface area contributed by atoms with Gasteiger partial charge in [0.25, 0.3) is 23.6 Å². The van der Waals surface area contributed by atoms with Crippen LogP contribution in [0, 0.1) is 32.7 Å². The number of methoxy groups -OCH3 is 1. The lowest BCUT2D eigenvalue weighted by Gasteiger charge is -2.38. The Balaban J connectivity index is 0.000000292. The predicted molar refractivity (Wildman–Crippen MR) is 558 cm³/mol. The van der Waals surface area contributed by atoms with E-state index < -0.39 is 7.26 Å². The second-order valence-electron chi connectivity index (χ2n) is 37.8. The predicted octanol–water partition coefficient (Wildman–Crippen LogP) is 22.8. The summed E-state index contributed by atoms with van der Waals surface area (Å²) in [7, 11) is 0.840. The van der Waals surface area contributed by atoms with Gasteiger partial charge in [-0.15, -0.1) is 0 Å². The Kier molecular flexibility index (Phi) is 46.4. The molecule has 4 amide bonds. The molecular weight excluding hydrogens is 1730 g/mol. The summed E-state index contributed by atoms with van der Waals surface area (Å²) in [5.41, 5.74) is 45.8. The number of rotatable bonds is 26. The van der Waals surface area contributed by atoms with Gasteiger partial charge in [0.15, 0.2) is 0 Å². The van der Waals surface area contributed by atoms with Crippen molar-refractivity contribution in [3.63, 3.8) is 0 Å². The molecule has 0 spiro atoms. The zero-order valence-corrected chi connectivity index (χ0v) is 84.7. The van der Waals surface area contributed by atoms with Crippen LogP contribution in [0.2, 0.25) is 0 Å². The number of allylic oxidation sites excluding steroid dienone is 11. The van der Waals surface area contributed by atoms with Gasteiger partial charge in [-0.25, -0.2) is 11.1 Å². The van der Waals surface area contributed by atoms with Gasteiger partial charge in [0.1, 0.15) is 28.9 Å². The molecule has 712 valence electrons. The number of aryl methyl sites for hydroxylation is 4. The highest BCUT2D eigenvalue weighted by atomic mass is 79.9. The SMILES string of the molecule is CC1=C(/C=C/c2cccc(CCCN)c2)C(C)(C)CCC1.CC1=C(/C=C/c2cccc(CCCN)c2)C(C)(C)CCC1.CC1=C(/C=C/c2cccc(CCCN3C(=O)c4ccccc4C3=O)c2)C(C)(C)CCC1.CC1=C(C[P+](c2ccccc2)(c2ccccc2)c2ccccc2)C(C)(C)CCC1.CCO.CO.COc1cccc(CCCN2C(=O)c3ccccc3C2=O)c1.N=N.O.[Br-].[HH]. The summed E-state index contributed by atoms with van der Waals surface area (Å²) in [5.74, 6) is 0.0998. The first-order valence-electron chi connectivity index (χ1n) is 47.5. The Bertz CT molecular complexity index is 5170. The monoisotopic (exact) mass is 1880 g/mol. The number of fused-ring (bicyclic) bond motifs is 2. The fraction of sp³-hybridized carbons (Fsp3) is 0.385. The summed E-state index contributed by atoms with van der Waals surface area (Å²) in [6, 6.07) is 81.9. The minimum absolute atomic E-state index is 0. The van der Waals surface area contributed by atoms with Crippen LogP contribution in [-0.4, -0.2) is 102 Å². The van der Waals surface area contributed by atoms with E-state index in [1.165, 1.54) is 158 Å². The number of benzene rings is 9. The Labute approximate surface area is 809 Å². The average Bonchev–Trinajstić information content (AvgIpc) is 1.07. The van der Waals surface area contributed by atoms with Gasteiger partial charge >= 0.3 is 0 Å². The summed E-state index contributed by atoms with van der Waals surface area (Å²) < 4.78 is 5.19. The lowest BCUT2D eigenvalue weighted by atomic mass is 9.72. The molecule has 4 aliphatic carbocycles. The Morgan fingerprint density at radius 3 is 0.947 bits per heavy atom. The molecule has 9 aromatic carbocycles. The van der Waals surface area contributed by atoms with E-state index in [-0.39, 0.29) is 64.9 Å². The maximum absolute atomic E-state index is 12.5. The molecule has 0 bridgehead atoms. The van der Waals surface area contributed by atoms with E-state index in [1.807, 2.05) is 24.3 Å². The fourth-order valence-corrected chi connectivity index (χ4v) is 24.0. The third-order valence-electron chi connectivity index (χ3n) is 26.4. The molecule has 14 nitrogen and oxygen atoms in total. The van der Waals surface area contributed by atoms with Crippen LogP contribution in [0.15, 0.2) is 299 Å². The van der Waals surface area contributed by atoms with Crippen molar-refractivity contribution in [2.45, 2.75) is 218 Å². The van der Waals surface area contributed by atoms with Crippen molar-refractivity contribution in [2.75, 3.05) is 53.2 Å².